The molecule has 23 heavy (non-hydrogen) atoms. The lowest BCUT2D eigenvalue weighted by molar-refractivity contribution is -0.132. The molecule has 0 fully saturated rings. The highest BCUT2D eigenvalue weighted by Gasteiger charge is 2.19. The highest BCUT2D eigenvalue weighted by molar-refractivity contribution is 5.76. The van der Waals surface area contributed by atoms with Crippen molar-refractivity contribution in [3.63, 3.8) is 0 Å². The lowest BCUT2D eigenvalue weighted by Crippen LogP contribution is -2.35. The van der Waals surface area contributed by atoms with E-state index in [-0.39, 0.29) is 5.91 Å². The van der Waals surface area contributed by atoms with Gasteiger partial charge in [-0.05, 0) is 48.6 Å². The van der Waals surface area contributed by atoms with Crippen LogP contribution in [-0.4, -0.2) is 24.0 Å². The molecule has 1 aliphatic rings. The standard InChI is InChI=1S/C20H23NO2/c1-16-6-4-9-19(14-16)23-13-5-10-20(22)21-12-11-17-7-2-3-8-18(17)15-21/h2-4,6-9,14H,5,10-13,15H2,1H3. The molecule has 0 radical (unpaired) electrons. The maximum Gasteiger partial charge on any atom is 0.223 e. The largest absolute Gasteiger partial charge is 0.494 e. The van der Waals surface area contributed by atoms with Gasteiger partial charge in [0.2, 0.25) is 5.91 Å². The molecule has 0 aromatic heterocycles. The van der Waals surface area contributed by atoms with E-state index in [9.17, 15) is 4.79 Å². The predicted molar refractivity (Wildman–Crippen MR) is 91.5 cm³/mol. The second kappa shape index (κ2) is 7.32. The molecule has 0 unspecified atom stereocenters. The molecule has 1 aliphatic heterocycles. The molecule has 3 rings (SSSR count). The van der Waals surface area contributed by atoms with Crippen LogP contribution in [0.4, 0.5) is 0 Å². The smallest absolute Gasteiger partial charge is 0.223 e. The average molecular weight is 309 g/mol. The summed E-state index contributed by atoms with van der Waals surface area (Å²) in [5.74, 6) is 1.11. The Morgan fingerprint density at radius 2 is 1.96 bits per heavy atom. The van der Waals surface area contributed by atoms with E-state index >= 15 is 0 Å². The Balaban J connectivity index is 1.43. The molecule has 0 saturated carbocycles. The number of ether oxygens (including phenoxy) is 1. The third kappa shape index (κ3) is 4.13. The molecule has 0 aliphatic carbocycles. The molecule has 120 valence electrons. The zero-order valence-corrected chi connectivity index (χ0v) is 13.6. The van der Waals surface area contributed by atoms with Crippen molar-refractivity contribution in [1.29, 1.82) is 0 Å². The van der Waals surface area contributed by atoms with Crippen LogP contribution in [0.1, 0.15) is 29.5 Å². The molecule has 0 N–H and O–H groups in total. The SMILES string of the molecule is Cc1cccc(OCCCC(=O)N2CCc3ccccc3C2)c1. The maximum absolute atomic E-state index is 12.3. The minimum absolute atomic E-state index is 0.229. The van der Waals surface area contributed by atoms with Gasteiger partial charge in [-0.3, -0.25) is 4.79 Å². The van der Waals surface area contributed by atoms with Crippen LogP contribution in [0.2, 0.25) is 0 Å². The van der Waals surface area contributed by atoms with Crippen molar-refractivity contribution in [3.8, 4) is 5.75 Å². The van der Waals surface area contributed by atoms with Gasteiger partial charge in [-0.15, -0.1) is 0 Å². The molecular weight excluding hydrogens is 286 g/mol. The van der Waals surface area contributed by atoms with Crippen molar-refractivity contribution >= 4 is 5.91 Å². The molecule has 1 amide bonds. The maximum atomic E-state index is 12.3. The number of hydrogen-bond donors (Lipinski definition) is 0. The van der Waals surface area contributed by atoms with Crippen molar-refractivity contribution in [3.05, 3.63) is 65.2 Å². The summed E-state index contributed by atoms with van der Waals surface area (Å²) in [5.41, 5.74) is 3.84. The molecule has 0 spiro atoms. The molecule has 0 bridgehead atoms. The van der Waals surface area contributed by atoms with Gasteiger partial charge >= 0.3 is 0 Å². The van der Waals surface area contributed by atoms with Crippen LogP contribution in [0.15, 0.2) is 48.5 Å². The molecule has 0 atom stereocenters. The van der Waals surface area contributed by atoms with E-state index < -0.39 is 0 Å². The third-order valence-electron chi connectivity index (χ3n) is 4.28. The summed E-state index contributed by atoms with van der Waals surface area (Å²) in [6.45, 7) is 4.20. The van der Waals surface area contributed by atoms with Crippen molar-refractivity contribution in [2.24, 2.45) is 0 Å². The summed E-state index contributed by atoms with van der Waals surface area (Å²) in [6, 6.07) is 16.4. The van der Waals surface area contributed by atoms with Crippen molar-refractivity contribution < 1.29 is 9.53 Å². The van der Waals surface area contributed by atoms with Gasteiger partial charge in [-0.1, -0.05) is 36.4 Å². The van der Waals surface area contributed by atoms with Crippen LogP contribution in [0.3, 0.4) is 0 Å². The molecule has 2 aromatic carbocycles. The van der Waals surface area contributed by atoms with Crippen LogP contribution in [0, 0.1) is 6.92 Å². The second-order valence-electron chi connectivity index (χ2n) is 6.10. The Morgan fingerprint density at radius 1 is 1.13 bits per heavy atom. The highest BCUT2D eigenvalue weighted by atomic mass is 16.5. The zero-order chi connectivity index (χ0) is 16.1. The normalized spacial score (nSPS) is 13.5. The first-order valence-corrected chi connectivity index (χ1v) is 8.26. The predicted octanol–water partition coefficient (Wildman–Crippen LogP) is 3.74. The number of benzene rings is 2. The fraction of sp³-hybridized carbons (Fsp3) is 0.350. The Morgan fingerprint density at radius 3 is 2.78 bits per heavy atom. The van der Waals surface area contributed by atoms with Crippen molar-refractivity contribution in [1.82, 2.24) is 4.90 Å². The topological polar surface area (TPSA) is 29.5 Å². The number of rotatable bonds is 5. The summed E-state index contributed by atoms with van der Waals surface area (Å²) in [7, 11) is 0. The van der Waals surface area contributed by atoms with Gasteiger partial charge in [-0.2, -0.15) is 0 Å². The molecule has 3 nitrogen and oxygen atoms in total. The van der Waals surface area contributed by atoms with Gasteiger partial charge < -0.3 is 9.64 Å². The highest BCUT2D eigenvalue weighted by Crippen LogP contribution is 2.19. The number of hydrogen-bond acceptors (Lipinski definition) is 2. The number of nitrogens with zero attached hydrogens (tertiary/aromatic N) is 1. The zero-order valence-electron chi connectivity index (χ0n) is 13.6. The summed E-state index contributed by atoms with van der Waals surface area (Å²) >= 11 is 0. The van der Waals surface area contributed by atoms with Gasteiger partial charge in [0.25, 0.3) is 0 Å². The van der Waals surface area contributed by atoms with Crippen LogP contribution >= 0.6 is 0 Å². The molecule has 2 aromatic rings. The third-order valence-corrected chi connectivity index (χ3v) is 4.28. The van der Waals surface area contributed by atoms with E-state index in [1.165, 1.54) is 16.7 Å². The minimum Gasteiger partial charge on any atom is -0.494 e. The molecule has 3 heteroatoms. The number of carbonyl (C=O) groups excluding carboxylic acids is 1. The van der Waals surface area contributed by atoms with E-state index in [2.05, 4.69) is 18.2 Å². The lowest BCUT2D eigenvalue weighted by atomic mass is 9.99. The molecular formula is C20H23NO2. The first-order valence-electron chi connectivity index (χ1n) is 8.26. The van der Waals surface area contributed by atoms with Crippen molar-refractivity contribution in [2.45, 2.75) is 32.7 Å². The Kier molecular flexibility index (Phi) is 4.96. The summed E-state index contributed by atoms with van der Waals surface area (Å²) < 4.78 is 5.71. The Bertz CT molecular complexity index is 681. The average Bonchev–Trinajstić information content (AvgIpc) is 2.58. The van der Waals surface area contributed by atoms with E-state index in [0.29, 0.717) is 13.0 Å². The first kappa shape index (κ1) is 15.6. The fourth-order valence-corrected chi connectivity index (χ4v) is 2.99. The van der Waals surface area contributed by atoms with Gasteiger partial charge in [0, 0.05) is 19.5 Å². The van der Waals surface area contributed by atoms with Gasteiger partial charge in [0.05, 0.1) is 6.61 Å². The fourth-order valence-electron chi connectivity index (χ4n) is 2.99. The summed E-state index contributed by atoms with van der Waals surface area (Å²) in [6.07, 6.45) is 2.26. The Labute approximate surface area is 137 Å². The summed E-state index contributed by atoms with van der Waals surface area (Å²) in [5, 5.41) is 0. The van der Waals surface area contributed by atoms with E-state index in [1.54, 1.807) is 0 Å². The molecule has 0 saturated heterocycles. The number of aryl methyl sites for hydroxylation is 1. The van der Waals surface area contributed by atoms with E-state index in [0.717, 1.165) is 31.7 Å². The number of amides is 1. The summed E-state index contributed by atoms with van der Waals surface area (Å²) in [4.78, 5) is 14.3. The van der Waals surface area contributed by atoms with Crippen LogP contribution in [0.25, 0.3) is 0 Å². The van der Waals surface area contributed by atoms with E-state index in [1.807, 2.05) is 42.2 Å². The number of carbonyl (C=O) groups is 1. The number of fused-ring (bicyclic) bond motifs is 1. The van der Waals surface area contributed by atoms with Crippen LogP contribution < -0.4 is 4.74 Å². The minimum atomic E-state index is 0.229. The monoisotopic (exact) mass is 309 g/mol. The van der Waals surface area contributed by atoms with Gasteiger partial charge in [0.15, 0.2) is 0 Å². The van der Waals surface area contributed by atoms with Gasteiger partial charge in [-0.25, -0.2) is 0 Å². The first-order chi connectivity index (χ1) is 11.2. The van der Waals surface area contributed by atoms with Crippen LogP contribution in [-0.2, 0) is 17.8 Å². The lowest BCUT2D eigenvalue weighted by Gasteiger charge is -2.29. The van der Waals surface area contributed by atoms with Crippen molar-refractivity contribution in [2.75, 3.05) is 13.2 Å². The molecule has 1 heterocycles. The van der Waals surface area contributed by atoms with E-state index in [4.69, 9.17) is 4.74 Å². The second-order valence-corrected chi connectivity index (χ2v) is 6.10. The quantitative estimate of drug-likeness (QED) is 0.788. The Hall–Kier alpha value is -2.29. The van der Waals surface area contributed by atoms with Gasteiger partial charge in [0.1, 0.15) is 5.75 Å². The van der Waals surface area contributed by atoms with Crippen LogP contribution in [0.5, 0.6) is 5.75 Å².